The number of alkyl halides is 1. The Kier molecular flexibility index (Phi) is 2.48. The number of nitrogens with one attached hydrogen (secondary N) is 1. The van der Waals surface area contributed by atoms with E-state index >= 15 is 0 Å². The molecule has 0 bridgehead atoms. The number of nitrogens with zero attached hydrogens (tertiary/aromatic N) is 1. The Hall–Kier alpha value is -0.660. The quantitative estimate of drug-likeness (QED) is 0.585. The van der Waals surface area contributed by atoms with Gasteiger partial charge in [0.2, 0.25) is 0 Å². The normalized spacial score (nSPS) is 25.1. The molecule has 2 rings (SSSR count). The highest BCUT2D eigenvalue weighted by molar-refractivity contribution is 9.09. The first kappa shape index (κ1) is 10.8. The third-order valence-electron chi connectivity index (χ3n) is 1.88. The van der Waals surface area contributed by atoms with Crippen LogP contribution in [0.2, 0.25) is 0 Å². The Morgan fingerprint density at radius 2 is 2.20 bits per heavy atom. The largest absolute Gasteiger partial charge is 0.346 e. The summed E-state index contributed by atoms with van der Waals surface area (Å²) in [6.07, 6.45) is 2.80. The summed E-state index contributed by atoms with van der Waals surface area (Å²) < 4.78 is 22.3. The molecule has 1 aliphatic heterocycles. The molecule has 0 aromatic heterocycles. The van der Waals surface area contributed by atoms with Crippen LogP contribution >= 0.6 is 26.6 Å². The zero-order valence-corrected chi connectivity index (χ0v) is 10.2. The highest BCUT2D eigenvalue weighted by atomic mass is 79.9. The Bertz CT molecular complexity index is 534. The Labute approximate surface area is 98.4 Å². The lowest BCUT2D eigenvalue weighted by atomic mass is 10.1. The summed E-state index contributed by atoms with van der Waals surface area (Å²) in [6.45, 7) is 0. The van der Waals surface area contributed by atoms with Crippen molar-refractivity contribution in [2.75, 3.05) is 0 Å². The van der Waals surface area contributed by atoms with Crippen LogP contribution in [0, 0.1) is 0 Å². The van der Waals surface area contributed by atoms with Crippen molar-refractivity contribution in [2.45, 2.75) is 4.83 Å². The van der Waals surface area contributed by atoms with Gasteiger partial charge in [0, 0.05) is 10.7 Å². The molecule has 0 radical (unpaired) electrons. The first-order chi connectivity index (χ1) is 6.88. The van der Waals surface area contributed by atoms with Crippen LogP contribution < -0.4 is 5.32 Å². The summed E-state index contributed by atoms with van der Waals surface area (Å²) in [7, 11) is 1.41. The van der Waals surface area contributed by atoms with Gasteiger partial charge in [-0.3, -0.25) is 0 Å². The van der Waals surface area contributed by atoms with Crippen molar-refractivity contribution in [2.24, 2.45) is 4.99 Å². The molecule has 2 amide bonds. The molecule has 5 nitrogen and oxygen atoms in total. The number of allylic oxidation sites excluding steroid dienone is 3. The van der Waals surface area contributed by atoms with E-state index in [1.54, 1.807) is 0 Å². The van der Waals surface area contributed by atoms with Gasteiger partial charge in [0.05, 0.1) is 21.1 Å². The van der Waals surface area contributed by atoms with Crippen molar-refractivity contribution in [3.05, 3.63) is 22.8 Å². The van der Waals surface area contributed by atoms with E-state index in [1.807, 2.05) is 0 Å². The number of rotatable bonds is 1. The summed E-state index contributed by atoms with van der Waals surface area (Å²) in [6, 6.07) is -0.513. The van der Waals surface area contributed by atoms with Gasteiger partial charge in [-0.2, -0.15) is 4.99 Å². The molecule has 0 saturated heterocycles. The van der Waals surface area contributed by atoms with Gasteiger partial charge >= 0.3 is 6.03 Å². The smallest absolute Gasteiger partial charge is 0.304 e. The maximum Gasteiger partial charge on any atom is 0.346 e. The second-order valence-corrected chi connectivity index (χ2v) is 6.45. The van der Waals surface area contributed by atoms with Crippen LogP contribution in [-0.2, 0) is 9.05 Å². The van der Waals surface area contributed by atoms with Gasteiger partial charge in [-0.25, -0.2) is 13.2 Å². The van der Waals surface area contributed by atoms with Gasteiger partial charge < -0.3 is 5.32 Å². The van der Waals surface area contributed by atoms with Crippen LogP contribution in [0.25, 0.3) is 0 Å². The molecule has 1 heterocycles. The minimum Gasteiger partial charge on any atom is -0.304 e. The van der Waals surface area contributed by atoms with E-state index in [9.17, 15) is 13.2 Å². The molecule has 0 fully saturated rings. The minimum atomic E-state index is -3.81. The lowest BCUT2D eigenvalue weighted by molar-refractivity contribution is 0.253. The van der Waals surface area contributed by atoms with Gasteiger partial charge in [-0.15, -0.1) is 0 Å². The van der Waals surface area contributed by atoms with E-state index in [-0.39, 0.29) is 10.6 Å². The minimum absolute atomic E-state index is 0.0248. The molecule has 8 heteroatoms. The first-order valence-electron chi connectivity index (χ1n) is 3.80. The van der Waals surface area contributed by atoms with Crippen molar-refractivity contribution in [1.29, 1.82) is 0 Å². The Morgan fingerprint density at radius 3 is 2.80 bits per heavy atom. The number of urea groups is 1. The molecule has 0 saturated carbocycles. The van der Waals surface area contributed by atoms with Gasteiger partial charge in [-0.1, -0.05) is 15.9 Å². The molecule has 1 N–H and O–H groups in total. The van der Waals surface area contributed by atoms with Crippen LogP contribution in [0.15, 0.2) is 27.7 Å². The summed E-state index contributed by atoms with van der Waals surface area (Å²) in [5, 5.41) is 2.46. The maximum atomic E-state index is 11.1. The zero-order valence-electron chi connectivity index (χ0n) is 7.07. The highest BCUT2D eigenvalue weighted by Crippen LogP contribution is 2.29. The average molecular weight is 312 g/mol. The van der Waals surface area contributed by atoms with E-state index in [1.165, 1.54) is 12.2 Å². The number of halogens is 2. The van der Waals surface area contributed by atoms with Crippen LogP contribution in [0.4, 0.5) is 4.79 Å². The molecular weight excluding hydrogens is 308 g/mol. The summed E-state index contributed by atoms with van der Waals surface area (Å²) in [5.74, 6) is 0. The number of carbonyl (C=O) groups is 1. The standard InChI is InChI=1S/C7H4BrClN2O3S/c8-3-1-4-5(11-7(12)10-4)2-6(3)15(9,13)14/h1-3H,(H,10,12). The fourth-order valence-corrected chi connectivity index (χ4v) is 3.73. The number of amides is 2. The predicted molar refractivity (Wildman–Crippen MR) is 59.6 cm³/mol. The van der Waals surface area contributed by atoms with Gasteiger partial charge in [0.1, 0.15) is 0 Å². The SMILES string of the molecule is O=C1N=C2C=C(S(=O)(=O)Cl)C(Br)C=C2N1. The molecule has 0 aromatic rings. The molecule has 1 unspecified atom stereocenters. The summed E-state index contributed by atoms with van der Waals surface area (Å²) >= 11 is 3.13. The Morgan fingerprint density at radius 1 is 1.53 bits per heavy atom. The molecule has 2 aliphatic rings. The molecule has 0 aromatic carbocycles. The van der Waals surface area contributed by atoms with Crippen LogP contribution in [0.3, 0.4) is 0 Å². The molecular formula is C7H4BrClN2O3S. The van der Waals surface area contributed by atoms with Crippen molar-refractivity contribution >= 4 is 47.4 Å². The van der Waals surface area contributed by atoms with Gasteiger partial charge in [0.25, 0.3) is 9.05 Å². The Balaban J connectivity index is 2.51. The number of fused-ring (bicyclic) bond motifs is 1. The van der Waals surface area contributed by atoms with Crippen molar-refractivity contribution < 1.29 is 13.2 Å². The molecule has 1 atom stereocenters. The number of hydrogen-bond acceptors (Lipinski definition) is 3. The third kappa shape index (κ3) is 1.99. The number of aliphatic imine (C=N–C) groups is 1. The van der Waals surface area contributed by atoms with Crippen molar-refractivity contribution in [1.82, 2.24) is 5.32 Å². The summed E-state index contributed by atoms with van der Waals surface area (Å²) in [5.41, 5.74) is 0.779. The highest BCUT2D eigenvalue weighted by Gasteiger charge is 2.30. The number of hydrogen-bond donors (Lipinski definition) is 1. The second-order valence-electron chi connectivity index (χ2n) is 2.89. The monoisotopic (exact) mass is 310 g/mol. The van der Waals surface area contributed by atoms with E-state index in [2.05, 4.69) is 26.2 Å². The van der Waals surface area contributed by atoms with Crippen molar-refractivity contribution in [3.63, 3.8) is 0 Å². The summed E-state index contributed by atoms with van der Waals surface area (Å²) in [4.78, 5) is 13.9. The van der Waals surface area contributed by atoms with Gasteiger partial charge in [-0.05, 0) is 12.2 Å². The zero-order chi connectivity index (χ0) is 11.2. The fourth-order valence-electron chi connectivity index (χ4n) is 1.26. The fraction of sp³-hybridized carbons (Fsp3) is 0.143. The predicted octanol–water partition coefficient (Wildman–Crippen LogP) is 1.26. The molecule has 80 valence electrons. The van der Waals surface area contributed by atoms with E-state index in [0.29, 0.717) is 5.70 Å². The number of carbonyl (C=O) groups excluding carboxylic acids is 1. The topological polar surface area (TPSA) is 75.6 Å². The third-order valence-corrected chi connectivity index (χ3v) is 4.41. The molecule has 0 spiro atoms. The lowest BCUT2D eigenvalue weighted by Crippen LogP contribution is -2.21. The van der Waals surface area contributed by atoms with E-state index in [0.717, 1.165) is 0 Å². The van der Waals surface area contributed by atoms with Crippen LogP contribution in [0.5, 0.6) is 0 Å². The second kappa shape index (κ2) is 3.43. The average Bonchev–Trinajstić information content (AvgIpc) is 2.40. The van der Waals surface area contributed by atoms with Crippen LogP contribution in [0.1, 0.15) is 0 Å². The van der Waals surface area contributed by atoms with E-state index < -0.39 is 19.9 Å². The molecule has 1 aliphatic carbocycles. The van der Waals surface area contributed by atoms with Crippen LogP contribution in [-0.4, -0.2) is 25.0 Å². The van der Waals surface area contributed by atoms with Crippen molar-refractivity contribution in [3.8, 4) is 0 Å². The van der Waals surface area contributed by atoms with Gasteiger partial charge in [0.15, 0.2) is 0 Å². The first-order valence-corrected chi connectivity index (χ1v) is 7.02. The maximum absolute atomic E-state index is 11.1. The van der Waals surface area contributed by atoms with E-state index in [4.69, 9.17) is 10.7 Å². The lowest BCUT2D eigenvalue weighted by Gasteiger charge is -2.13. The molecule has 15 heavy (non-hydrogen) atoms.